The number of carbonyl (C=O) groups excluding carboxylic acids is 1. The first-order valence-corrected chi connectivity index (χ1v) is 7.19. The highest BCUT2D eigenvalue weighted by Gasteiger charge is 2.14. The van der Waals surface area contributed by atoms with Gasteiger partial charge in [0.1, 0.15) is 5.69 Å². The zero-order valence-corrected chi connectivity index (χ0v) is 13.5. The Morgan fingerprint density at radius 1 is 1.12 bits per heavy atom. The molecule has 3 rings (SSSR count). The quantitative estimate of drug-likeness (QED) is 0.781. The number of rotatable bonds is 4. The minimum absolute atomic E-state index is 0.234. The molecule has 3 aromatic rings. The maximum Gasteiger partial charge on any atom is 0.318 e. The lowest BCUT2D eigenvalue weighted by molar-refractivity contribution is 0.102. The summed E-state index contributed by atoms with van der Waals surface area (Å²) < 4.78 is 5.02. The largest absolute Gasteiger partial charge is 0.467 e. The van der Waals surface area contributed by atoms with Crippen molar-refractivity contribution < 1.29 is 9.53 Å². The number of ether oxygens (including phenoxy) is 1. The summed E-state index contributed by atoms with van der Waals surface area (Å²) in [5.41, 5.74) is 2.35. The Labute approximate surface area is 138 Å². The predicted molar refractivity (Wildman–Crippen MR) is 90.4 cm³/mol. The number of aromatic nitrogens is 4. The van der Waals surface area contributed by atoms with E-state index in [1.165, 1.54) is 13.3 Å². The van der Waals surface area contributed by atoms with Gasteiger partial charge in [0.25, 0.3) is 5.91 Å². The molecular formula is C16H16N6O2. The summed E-state index contributed by atoms with van der Waals surface area (Å²) in [5.74, 6) is 0.273. The summed E-state index contributed by atoms with van der Waals surface area (Å²) in [4.78, 5) is 31.0. The van der Waals surface area contributed by atoms with Gasteiger partial charge in [0, 0.05) is 32.1 Å². The van der Waals surface area contributed by atoms with Crippen molar-refractivity contribution in [2.75, 3.05) is 31.4 Å². The predicted octanol–water partition coefficient (Wildman–Crippen LogP) is 1.75. The van der Waals surface area contributed by atoms with E-state index in [9.17, 15) is 4.79 Å². The minimum Gasteiger partial charge on any atom is -0.467 e. The molecule has 2 heterocycles. The highest BCUT2D eigenvalue weighted by molar-refractivity contribution is 6.07. The highest BCUT2D eigenvalue weighted by Crippen LogP contribution is 2.23. The number of hydrogen-bond donors (Lipinski definition) is 1. The van der Waals surface area contributed by atoms with Crippen LogP contribution in [0.3, 0.4) is 0 Å². The molecule has 0 unspecified atom stereocenters. The van der Waals surface area contributed by atoms with Gasteiger partial charge in [-0.15, -0.1) is 0 Å². The van der Waals surface area contributed by atoms with Gasteiger partial charge in [0.05, 0.1) is 24.3 Å². The number of nitrogens with zero attached hydrogens (tertiary/aromatic N) is 5. The van der Waals surface area contributed by atoms with Crippen molar-refractivity contribution in [2.24, 2.45) is 0 Å². The Kier molecular flexibility index (Phi) is 4.19. The third kappa shape index (κ3) is 3.07. The normalized spacial score (nSPS) is 10.5. The fourth-order valence-corrected chi connectivity index (χ4v) is 2.18. The van der Waals surface area contributed by atoms with Crippen LogP contribution >= 0.6 is 0 Å². The molecule has 0 fully saturated rings. The summed E-state index contributed by atoms with van der Waals surface area (Å²) in [5, 5.41) is 2.81. The summed E-state index contributed by atoms with van der Waals surface area (Å²) in [6.45, 7) is 0. The SMILES string of the molecule is COc1ncc(NC(=O)c2ccc3nccnc3c2)c(N(C)C)n1. The smallest absolute Gasteiger partial charge is 0.318 e. The van der Waals surface area contributed by atoms with E-state index in [2.05, 4.69) is 25.3 Å². The van der Waals surface area contributed by atoms with Gasteiger partial charge >= 0.3 is 6.01 Å². The Morgan fingerprint density at radius 3 is 2.58 bits per heavy atom. The van der Waals surface area contributed by atoms with Gasteiger partial charge in [-0.2, -0.15) is 4.98 Å². The molecule has 0 aliphatic carbocycles. The Hall–Kier alpha value is -3.29. The van der Waals surface area contributed by atoms with E-state index in [4.69, 9.17) is 4.74 Å². The monoisotopic (exact) mass is 324 g/mol. The number of benzene rings is 1. The lowest BCUT2D eigenvalue weighted by atomic mass is 10.2. The van der Waals surface area contributed by atoms with Gasteiger partial charge in [-0.05, 0) is 18.2 Å². The van der Waals surface area contributed by atoms with Crippen molar-refractivity contribution in [1.82, 2.24) is 19.9 Å². The second-order valence-electron chi connectivity index (χ2n) is 5.20. The first-order chi connectivity index (χ1) is 11.6. The molecule has 122 valence electrons. The molecule has 1 amide bonds. The van der Waals surface area contributed by atoms with Gasteiger partial charge < -0.3 is 15.0 Å². The van der Waals surface area contributed by atoms with Crippen molar-refractivity contribution in [2.45, 2.75) is 0 Å². The molecule has 8 heteroatoms. The number of fused-ring (bicyclic) bond motifs is 1. The molecule has 8 nitrogen and oxygen atoms in total. The van der Waals surface area contributed by atoms with Crippen LogP contribution < -0.4 is 15.0 Å². The maximum atomic E-state index is 12.5. The molecule has 0 bridgehead atoms. The molecule has 2 aromatic heterocycles. The van der Waals surface area contributed by atoms with Crippen LogP contribution in [-0.4, -0.2) is 47.0 Å². The van der Waals surface area contributed by atoms with E-state index in [-0.39, 0.29) is 11.9 Å². The zero-order chi connectivity index (χ0) is 17.1. The summed E-state index contributed by atoms with van der Waals surface area (Å²) >= 11 is 0. The van der Waals surface area contributed by atoms with Crippen LogP contribution in [0.15, 0.2) is 36.8 Å². The topological polar surface area (TPSA) is 93.1 Å². The summed E-state index contributed by atoms with van der Waals surface area (Å²) in [6, 6.07) is 5.38. The second-order valence-corrected chi connectivity index (χ2v) is 5.20. The number of anilines is 2. The van der Waals surface area contributed by atoms with Crippen LogP contribution in [0.2, 0.25) is 0 Å². The molecule has 0 spiro atoms. The number of hydrogen-bond acceptors (Lipinski definition) is 7. The van der Waals surface area contributed by atoms with E-state index in [1.54, 1.807) is 35.5 Å². The van der Waals surface area contributed by atoms with E-state index in [0.29, 0.717) is 22.6 Å². The molecule has 1 aromatic carbocycles. The van der Waals surface area contributed by atoms with Gasteiger partial charge in [-0.3, -0.25) is 14.8 Å². The fourth-order valence-electron chi connectivity index (χ4n) is 2.18. The van der Waals surface area contributed by atoms with Crippen molar-refractivity contribution in [3.8, 4) is 6.01 Å². The summed E-state index contributed by atoms with van der Waals surface area (Å²) in [6.07, 6.45) is 4.71. The third-order valence-electron chi connectivity index (χ3n) is 3.33. The van der Waals surface area contributed by atoms with Crippen molar-refractivity contribution in [3.05, 3.63) is 42.4 Å². The molecule has 0 radical (unpaired) electrons. The van der Waals surface area contributed by atoms with E-state index >= 15 is 0 Å². The Morgan fingerprint density at radius 2 is 1.88 bits per heavy atom. The van der Waals surface area contributed by atoms with Gasteiger partial charge in [-0.25, -0.2) is 4.98 Å². The average Bonchev–Trinajstić information content (AvgIpc) is 2.61. The maximum absolute atomic E-state index is 12.5. The van der Waals surface area contributed by atoms with E-state index in [1.807, 2.05) is 14.1 Å². The molecule has 0 atom stereocenters. The van der Waals surface area contributed by atoms with E-state index < -0.39 is 0 Å². The van der Waals surface area contributed by atoms with Gasteiger partial charge in [-0.1, -0.05) is 0 Å². The molecular weight excluding hydrogens is 308 g/mol. The van der Waals surface area contributed by atoms with Crippen molar-refractivity contribution >= 4 is 28.4 Å². The average molecular weight is 324 g/mol. The van der Waals surface area contributed by atoms with Crippen molar-refractivity contribution in [3.63, 3.8) is 0 Å². The Balaban J connectivity index is 1.90. The van der Waals surface area contributed by atoms with Crippen LogP contribution in [0.1, 0.15) is 10.4 Å². The molecule has 0 aliphatic rings. The number of carbonyl (C=O) groups is 1. The first kappa shape index (κ1) is 15.6. The van der Waals surface area contributed by atoms with Crippen LogP contribution in [0.25, 0.3) is 11.0 Å². The fraction of sp³-hybridized carbons (Fsp3) is 0.188. The first-order valence-electron chi connectivity index (χ1n) is 7.19. The van der Waals surface area contributed by atoms with Gasteiger partial charge in [0.2, 0.25) is 0 Å². The molecule has 1 N–H and O–H groups in total. The van der Waals surface area contributed by atoms with Crippen LogP contribution in [0.4, 0.5) is 11.5 Å². The lowest BCUT2D eigenvalue weighted by Gasteiger charge is -2.16. The number of amides is 1. The molecule has 0 saturated carbocycles. The van der Waals surface area contributed by atoms with E-state index in [0.717, 1.165) is 5.52 Å². The third-order valence-corrected chi connectivity index (χ3v) is 3.33. The van der Waals surface area contributed by atoms with Crippen LogP contribution in [0.5, 0.6) is 6.01 Å². The van der Waals surface area contributed by atoms with Gasteiger partial charge in [0.15, 0.2) is 5.82 Å². The molecule has 0 saturated heterocycles. The van der Waals surface area contributed by atoms with Crippen LogP contribution in [0, 0.1) is 0 Å². The number of methoxy groups -OCH3 is 1. The zero-order valence-electron chi connectivity index (χ0n) is 13.5. The van der Waals surface area contributed by atoms with Crippen LogP contribution in [-0.2, 0) is 0 Å². The summed E-state index contributed by atoms with van der Waals surface area (Å²) in [7, 11) is 5.13. The second kappa shape index (κ2) is 6.45. The number of nitrogens with one attached hydrogen (secondary N) is 1. The lowest BCUT2D eigenvalue weighted by Crippen LogP contribution is -2.18. The van der Waals surface area contributed by atoms with Crippen molar-refractivity contribution in [1.29, 1.82) is 0 Å². The Bertz CT molecular complexity index is 897. The molecule has 24 heavy (non-hydrogen) atoms. The minimum atomic E-state index is -0.278. The standard InChI is InChI=1S/C16H16N6O2/c1-22(2)14-13(9-19-16(21-14)24-3)20-15(23)10-4-5-11-12(8-10)18-7-6-17-11/h4-9H,1-3H3,(H,20,23). The highest BCUT2D eigenvalue weighted by atomic mass is 16.5. The molecule has 0 aliphatic heterocycles.